The quantitative estimate of drug-likeness (QED) is 0.231. The number of allylic oxidation sites excluding steroid dienone is 3. The lowest BCUT2D eigenvalue weighted by molar-refractivity contribution is 0.565. The van der Waals surface area contributed by atoms with Crippen molar-refractivity contribution in [1.29, 1.82) is 0 Å². The third-order valence-electron chi connectivity index (χ3n) is 8.71. The van der Waals surface area contributed by atoms with E-state index in [4.69, 9.17) is 14.4 Å². The van der Waals surface area contributed by atoms with Gasteiger partial charge in [-0.05, 0) is 48.2 Å². The van der Waals surface area contributed by atoms with Gasteiger partial charge in [0.2, 0.25) is 0 Å². The molecule has 0 radical (unpaired) electrons. The third-order valence-corrected chi connectivity index (χ3v) is 8.71. The fraction of sp³-hybridized carbons (Fsp3) is 0.111. The summed E-state index contributed by atoms with van der Waals surface area (Å²) < 4.78 is 6.62. The van der Waals surface area contributed by atoms with Gasteiger partial charge < -0.3 is 9.32 Å². The van der Waals surface area contributed by atoms with E-state index in [1.165, 1.54) is 33.3 Å². The van der Waals surface area contributed by atoms with E-state index >= 15 is 0 Å². The summed E-state index contributed by atoms with van der Waals surface area (Å²) >= 11 is 0. The lowest BCUT2D eigenvalue weighted by Gasteiger charge is -2.37. The number of rotatable bonds is 2. The van der Waals surface area contributed by atoms with Crippen LogP contribution in [0.2, 0.25) is 0 Å². The van der Waals surface area contributed by atoms with Crippen LogP contribution in [0.15, 0.2) is 125 Å². The highest BCUT2D eigenvalue weighted by Crippen LogP contribution is 2.59. The summed E-state index contributed by atoms with van der Waals surface area (Å²) in [6.07, 6.45) is 6.59. The van der Waals surface area contributed by atoms with Crippen molar-refractivity contribution in [2.24, 2.45) is 0 Å². The molecule has 6 aromatic rings. The monoisotopic (exact) mass is 515 g/mol. The van der Waals surface area contributed by atoms with Crippen LogP contribution in [0.5, 0.6) is 0 Å². The minimum absolute atomic E-state index is 0.0868. The van der Waals surface area contributed by atoms with Crippen LogP contribution < -0.4 is 4.90 Å². The average molecular weight is 516 g/mol. The molecule has 3 heterocycles. The zero-order chi connectivity index (χ0) is 26.2. The highest BCUT2D eigenvalue weighted by Gasteiger charge is 2.49. The lowest BCUT2D eigenvalue weighted by atomic mass is 9.73. The minimum atomic E-state index is 0.0868. The molecule has 190 valence electrons. The zero-order valence-electron chi connectivity index (χ0n) is 21.8. The molecule has 0 bridgehead atoms. The van der Waals surface area contributed by atoms with Crippen molar-refractivity contribution >= 4 is 39.1 Å². The molecule has 4 nitrogen and oxygen atoms in total. The number of aromatic nitrogens is 2. The Morgan fingerprint density at radius 2 is 1.50 bits per heavy atom. The molecule has 0 N–H and O–H groups in total. The van der Waals surface area contributed by atoms with Gasteiger partial charge in [-0.25, -0.2) is 9.97 Å². The molecule has 1 aliphatic heterocycles. The second-order valence-electron chi connectivity index (χ2n) is 10.8. The Labute approximate surface area is 231 Å². The van der Waals surface area contributed by atoms with Crippen LogP contribution in [0.25, 0.3) is 38.8 Å². The van der Waals surface area contributed by atoms with E-state index in [-0.39, 0.29) is 12.0 Å². The van der Waals surface area contributed by atoms with Gasteiger partial charge in [-0.15, -0.1) is 0 Å². The molecule has 3 aliphatic rings. The number of benzene rings is 4. The number of fused-ring (bicyclic) bond motifs is 10. The standard InChI is InChI=1S/C36H25N3O/c1-2-12-22(13-3-1)33-36(38-28-19-9-8-18-27(28)37-33)39-29-20-10-6-16-25(29)31-32-26-17-7-11-21-30(26)40-35(32)24-15-5-4-14-23(24)34(31)39/h1-3,5-13,15-21,31,34H,4,14H2. The van der Waals surface area contributed by atoms with E-state index in [1.807, 2.05) is 12.1 Å². The Bertz CT molecular complexity index is 2030. The molecule has 0 saturated heterocycles. The first-order chi connectivity index (χ1) is 19.9. The molecule has 0 saturated carbocycles. The number of nitrogens with zero attached hydrogens (tertiary/aromatic N) is 3. The highest BCUT2D eigenvalue weighted by atomic mass is 16.3. The van der Waals surface area contributed by atoms with E-state index in [9.17, 15) is 0 Å². The van der Waals surface area contributed by atoms with E-state index in [0.717, 1.165) is 52.3 Å². The van der Waals surface area contributed by atoms with Gasteiger partial charge in [0, 0.05) is 33.7 Å². The van der Waals surface area contributed by atoms with Gasteiger partial charge >= 0.3 is 0 Å². The van der Waals surface area contributed by atoms with Gasteiger partial charge in [-0.3, -0.25) is 0 Å². The number of anilines is 2. The van der Waals surface area contributed by atoms with Crippen molar-refractivity contribution in [2.45, 2.75) is 24.8 Å². The third kappa shape index (κ3) is 2.96. The first-order valence-electron chi connectivity index (χ1n) is 14.0. The largest absolute Gasteiger partial charge is 0.456 e. The number of hydrogen-bond donors (Lipinski definition) is 0. The molecule has 0 amide bonds. The predicted octanol–water partition coefficient (Wildman–Crippen LogP) is 8.81. The van der Waals surface area contributed by atoms with Crippen LogP contribution in [0.4, 0.5) is 11.5 Å². The molecule has 2 unspecified atom stereocenters. The average Bonchev–Trinajstić information content (AvgIpc) is 3.57. The summed E-state index contributed by atoms with van der Waals surface area (Å²) in [5, 5.41) is 1.20. The lowest BCUT2D eigenvalue weighted by Crippen LogP contribution is -2.36. The SMILES string of the molecule is C1=CC2=C(CC1)C1C(c3ccccc3N1c1nc3ccccc3nc1-c1ccccc1)c1c2oc2ccccc12. The van der Waals surface area contributed by atoms with Gasteiger partial charge in [0.05, 0.1) is 17.1 Å². The molecular formula is C36H25N3O. The molecule has 0 spiro atoms. The Kier molecular flexibility index (Phi) is 4.53. The molecule has 2 aromatic heterocycles. The predicted molar refractivity (Wildman–Crippen MR) is 161 cm³/mol. The van der Waals surface area contributed by atoms with Crippen molar-refractivity contribution in [1.82, 2.24) is 9.97 Å². The Hall–Kier alpha value is -4.96. The van der Waals surface area contributed by atoms with Gasteiger partial charge in [-0.2, -0.15) is 0 Å². The maximum Gasteiger partial charge on any atom is 0.161 e. The molecule has 2 aliphatic carbocycles. The number of para-hydroxylation sites is 4. The number of hydrogen-bond acceptors (Lipinski definition) is 4. The second-order valence-corrected chi connectivity index (χ2v) is 10.8. The van der Waals surface area contributed by atoms with Crippen molar-refractivity contribution in [3.8, 4) is 11.3 Å². The molecule has 4 aromatic carbocycles. The van der Waals surface area contributed by atoms with E-state index < -0.39 is 0 Å². The Morgan fingerprint density at radius 1 is 0.750 bits per heavy atom. The van der Waals surface area contributed by atoms with E-state index in [2.05, 4.69) is 108 Å². The van der Waals surface area contributed by atoms with Crippen LogP contribution in [0, 0.1) is 0 Å². The van der Waals surface area contributed by atoms with Crippen molar-refractivity contribution in [3.63, 3.8) is 0 Å². The van der Waals surface area contributed by atoms with E-state index in [1.54, 1.807) is 0 Å². The normalized spacial score (nSPS) is 19.1. The van der Waals surface area contributed by atoms with Gasteiger partial charge in [0.15, 0.2) is 5.82 Å². The van der Waals surface area contributed by atoms with Crippen LogP contribution in [0.1, 0.15) is 35.6 Å². The minimum Gasteiger partial charge on any atom is -0.456 e. The first kappa shape index (κ1) is 21.9. The van der Waals surface area contributed by atoms with E-state index in [0.29, 0.717) is 0 Å². The fourth-order valence-electron chi connectivity index (χ4n) is 7.09. The van der Waals surface area contributed by atoms with Gasteiger partial charge in [0.25, 0.3) is 0 Å². The summed E-state index contributed by atoms with van der Waals surface area (Å²) in [7, 11) is 0. The Balaban J connectivity index is 1.38. The van der Waals surface area contributed by atoms with Crippen LogP contribution in [-0.4, -0.2) is 16.0 Å². The van der Waals surface area contributed by atoms with Crippen LogP contribution in [0.3, 0.4) is 0 Å². The molecule has 40 heavy (non-hydrogen) atoms. The smallest absolute Gasteiger partial charge is 0.161 e. The second kappa shape index (κ2) is 8.27. The zero-order valence-corrected chi connectivity index (χ0v) is 21.8. The molecule has 4 heteroatoms. The maximum atomic E-state index is 6.62. The summed E-state index contributed by atoms with van der Waals surface area (Å²) in [6.45, 7) is 0. The highest BCUT2D eigenvalue weighted by molar-refractivity contribution is 5.97. The maximum absolute atomic E-state index is 6.62. The molecule has 0 fully saturated rings. The first-order valence-corrected chi connectivity index (χ1v) is 14.0. The molecule has 9 rings (SSSR count). The van der Waals surface area contributed by atoms with Crippen LogP contribution >= 0.6 is 0 Å². The summed E-state index contributed by atoms with van der Waals surface area (Å²) in [5.74, 6) is 2.07. The summed E-state index contributed by atoms with van der Waals surface area (Å²) in [4.78, 5) is 13.1. The van der Waals surface area contributed by atoms with Crippen molar-refractivity contribution in [2.75, 3.05) is 4.90 Å². The Morgan fingerprint density at radius 3 is 2.40 bits per heavy atom. The summed E-state index contributed by atoms with van der Waals surface area (Å²) in [6, 6.07) is 36.1. The topological polar surface area (TPSA) is 42.2 Å². The van der Waals surface area contributed by atoms with Crippen molar-refractivity contribution in [3.05, 3.63) is 138 Å². The van der Waals surface area contributed by atoms with Crippen molar-refractivity contribution < 1.29 is 4.42 Å². The number of furan rings is 1. The summed E-state index contributed by atoms with van der Waals surface area (Å²) in [5.41, 5.74) is 11.2. The molecular weight excluding hydrogens is 490 g/mol. The van der Waals surface area contributed by atoms with Crippen LogP contribution in [-0.2, 0) is 0 Å². The molecule has 2 atom stereocenters. The van der Waals surface area contributed by atoms with Gasteiger partial charge in [-0.1, -0.05) is 91.0 Å². The van der Waals surface area contributed by atoms with Gasteiger partial charge in [0.1, 0.15) is 17.0 Å². The fourth-order valence-corrected chi connectivity index (χ4v) is 7.09.